The van der Waals surface area contributed by atoms with Crippen LogP contribution in [0, 0.1) is 13.8 Å². The summed E-state index contributed by atoms with van der Waals surface area (Å²) in [4.78, 5) is 0. The second kappa shape index (κ2) is 4.74. The van der Waals surface area contributed by atoms with Crippen LogP contribution in [0.5, 0.6) is 0 Å². The number of hydrogen-bond donors (Lipinski definition) is 1. The molecular formula is C14H14F3NO. The topological polar surface area (TPSA) is 39.2 Å². The smallest absolute Gasteiger partial charge is 0.416 e. The molecule has 102 valence electrons. The lowest BCUT2D eigenvalue weighted by Crippen LogP contribution is -2.14. The first-order chi connectivity index (χ1) is 8.80. The highest BCUT2D eigenvalue weighted by atomic mass is 19.4. The molecule has 1 aromatic carbocycles. The summed E-state index contributed by atoms with van der Waals surface area (Å²) in [6, 6.07) is 4.77. The van der Waals surface area contributed by atoms with Crippen molar-refractivity contribution in [3.63, 3.8) is 0 Å². The molecule has 0 aliphatic carbocycles. The minimum Gasteiger partial charge on any atom is -0.467 e. The van der Waals surface area contributed by atoms with Gasteiger partial charge in [0.15, 0.2) is 0 Å². The minimum atomic E-state index is -4.34. The quantitative estimate of drug-likeness (QED) is 0.896. The zero-order chi connectivity index (χ0) is 14.2. The Morgan fingerprint density at radius 3 is 2.26 bits per heavy atom. The van der Waals surface area contributed by atoms with Gasteiger partial charge in [0.1, 0.15) is 5.76 Å². The molecule has 5 heteroatoms. The number of aryl methyl sites for hydroxylation is 2. The van der Waals surface area contributed by atoms with Crippen molar-refractivity contribution < 1.29 is 17.6 Å². The van der Waals surface area contributed by atoms with Gasteiger partial charge in [0.2, 0.25) is 0 Å². The summed E-state index contributed by atoms with van der Waals surface area (Å²) in [6.45, 7) is 3.46. The number of benzene rings is 1. The largest absolute Gasteiger partial charge is 0.467 e. The molecule has 0 spiro atoms. The molecular weight excluding hydrogens is 255 g/mol. The number of nitrogens with two attached hydrogens (primary N) is 1. The molecule has 0 fully saturated rings. The van der Waals surface area contributed by atoms with E-state index in [9.17, 15) is 13.2 Å². The molecule has 0 saturated carbocycles. The van der Waals surface area contributed by atoms with E-state index in [1.54, 1.807) is 13.0 Å². The SMILES string of the molecule is Cc1cc(C(F)(F)F)ccc1C(N)c1occc1C. The van der Waals surface area contributed by atoms with Gasteiger partial charge in [-0.2, -0.15) is 13.2 Å². The fraction of sp³-hybridized carbons (Fsp3) is 0.286. The Morgan fingerprint density at radius 2 is 1.79 bits per heavy atom. The molecule has 1 heterocycles. The highest BCUT2D eigenvalue weighted by molar-refractivity contribution is 5.38. The van der Waals surface area contributed by atoms with Crippen molar-refractivity contribution >= 4 is 0 Å². The summed E-state index contributed by atoms with van der Waals surface area (Å²) >= 11 is 0. The highest BCUT2D eigenvalue weighted by Crippen LogP contribution is 2.33. The van der Waals surface area contributed by atoms with Crippen molar-refractivity contribution in [1.29, 1.82) is 0 Å². The number of alkyl halides is 3. The Labute approximate surface area is 109 Å². The van der Waals surface area contributed by atoms with Crippen LogP contribution in [-0.4, -0.2) is 0 Å². The van der Waals surface area contributed by atoms with E-state index in [0.717, 1.165) is 17.7 Å². The van der Waals surface area contributed by atoms with Crippen LogP contribution >= 0.6 is 0 Å². The summed E-state index contributed by atoms with van der Waals surface area (Å²) in [5, 5.41) is 0. The maximum atomic E-state index is 12.6. The van der Waals surface area contributed by atoms with Crippen molar-refractivity contribution in [3.8, 4) is 0 Å². The molecule has 2 aromatic rings. The van der Waals surface area contributed by atoms with E-state index in [1.807, 2.05) is 6.92 Å². The lowest BCUT2D eigenvalue weighted by atomic mass is 9.96. The normalized spacial score (nSPS) is 13.6. The third-order valence-corrected chi connectivity index (χ3v) is 3.12. The monoisotopic (exact) mass is 269 g/mol. The van der Waals surface area contributed by atoms with Gasteiger partial charge in [-0.15, -0.1) is 0 Å². The molecule has 0 aliphatic rings. The van der Waals surface area contributed by atoms with Gasteiger partial charge in [0.25, 0.3) is 0 Å². The summed E-state index contributed by atoms with van der Waals surface area (Å²) in [5.41, 5.74) is 7.39. The van der Waals surface area contributed by atoms with Crippen molar-refractivity contribution in [3.05, 3.63) is 58.5 Å². The Bertz CT molecular complexity index is 587. The van der Waals surface area contributed by atoms with Crippen molar-refractivity contribution in [2.45, 2.75) is 26.1 Å². The molecule has 2 rings (SSSR count). The predicted octanol–water partition coefficient (Wildman–Crippen LogP) is 3.96. The van der Waals surface area contributed by atoms with Crippen LogP contribution in [0.25, 0.3) is 0 Å². The standard InChI is InChI=1S/C14H14F3NO/c1-8-5-6-19-13(8)12(18)11-4-3-10(7-9(11)2)14(15,16)17/h3-7,12H,18H2,1-2H3. The van der Waals surface area contributed by atoms with Crippen LogP contribution in [0.4, 0.5) is 13.2 Å². The van der Waals surface area contributed by atoms with Crippen LogP contribution in [0.15, 0.2) is 34.9 Å². The fourth-order valence-electron chi connectivity index (χ4n) is 2.05. The van der Waals surface area contributed by atoms with Crippen LogP contribution in [-0.2, 0) is 6.18 Å². The molecule has 0 saturated heterocycles. The Hall–Kier alpha value is -1.75. The second-order valence-corrected chi connectivity index (χ2v) is 4.51. The summed E-state index contributed by atoms with van der Waals surface area (Å²) in [7, 11) is 0. The molecule has 0 aliphatic heterocycles. The van der Waals surface area contributed by atoms with E-state index in [1.165, 1.54) is 12.3 Å². The van der Waals surface area contributed by atoms with E-state index < -0.39 is 17.8 Å². The average Bonchev–Trinajstić information content (AvgIpc) is 2.73. The van der Waals surface area contributed by atoms with E-state index in [-0.39, 0.29) is 0 Å². The Balaban J connectivity index is 2.39. The molecule has 19 heavy (non-hydrogen) atoms. The van der Waals surface area contributed by atoms with Crippen molar-refractivity contribution in [2.24, 2.45) is 5.73 Å². The maximum absolute atomic E-state index is 12.6. The first-order valence-electron chi connectivity index (χ1n) is 5.78. The first-order valence-corrected chi connectivity index (χ1v) is 5.78. The van der Waals surface area contributed by atoms with Gasteiger partial charge in [0, 0.05) is 0 Å². The fourth-order valence-corrected chi connectivity index (χ4v) is 2.05. The van der Waals surface area contributed by atoms with Crippen LogP contribution in [0.1, 0.15) is 34.1 Å². The third-order valence-electron chi connectivity index (χ3n) is 3.12. The Morgan fingerprint density at radius 1 is 1.11 bits per heavy atom. The molecule has 1 atom stereocenters. The number of halogens is 3. The molecule has 0 radical (unpaired) electrons. The summed E-state index contributed by atoms with van der Waals surface area (Å²) in [6.07, 6.45) is -2.82. The van der Waals surface area contributed by atoms with Crippen molar-refractivity contribution in [1.82, 2.24) is 0 Å². The minimum absolute atomic E-state index is 0.498. The first kappa shape index (κ1) is 13.7. The number of furan rings is 1. The van der Waals surface area contributed by atoms with Crippen LogP contribution < -0.4 is 5.73 Å². The number of hydrogen-bond acceptors (Lipinski definition) is 2. The van der Waals surface area contributed by atoms with Gasteiger partial charge in [-0.3, -0.25) is 0 Å². The van der Waals surface area contributed by atoms with E-state index in [0.29, 0.717) is 16.9 Å². The molecule has 2 N–H and O–H groups in total. The van der Waals surface area contributed by atoms with E-state index in [4.69, 9.17) is 10.2 Å². The predicted molar refractivity (Wildman–Crippen MR) is 65.7 cm³/mol. The van der Waals surface area contributed by atoms with Gasteiger partial charge in [0.05, 0.1) is 17.9 Å². The van der Waals surface area contributed by atoms with E-state index >= 15 is 0 Å². The third kappa shape index (κ3) is 2.66. The van der Waals surface area contributed by atoms with Gasteiger partial charge in [-0.1, -0.05) is 6.07 Å². The van der Waals surface area contributed by atoms with Crippen LogP contribution in [0.3, 0.4) is 0 Å². The molecule has 1 unspecified atom stereocenters. The Kier molecular flexibility index (Phi) is 3.41. The molecule has 1 aromatic heterocycles. The average molecular weight is 269 g/mol. The van der Waals surface area contributed by atoms with E-state index in [2.05, 4.69) is 0 Å². The lowest BCUT2D eigenvalue weighted by molar-refractivity contribution is -0.137. The molecule has 2 nitrogen and oxygen atoms in total. The van der Waals surface area contributed by atoms with Gasteiger partial charge < -0.3 is 10.2 Å². The van der Waals surface area contributed by atoms with Crippen LogP contribution in [0.2, 0.25) is 0 Å². The maximum Gasteiger partial charge on any atom is 0.416 e. The highest BCUT2D eigenvalue weighted by Gasteiger charge is 2.31. The van der Waals surface area contributed by atoms with Crippen molar-refractivity contribution in [2.75, 3.05) is 0 Å². The molecule has 0 amide bonds. The molecule has 0 bridgehead atoms. The summed E-state index contributed by atoms with van der Waals surface area (Å²) < 4.78 is 43.1. The zero-order valence-electron chi connectivity index (χ0n) is 10.6. The van der Waals surface area contributed by atoms with Gasteiger partial charge >= 0.3 is 6.18 Å². The summed E-state index contributed by atoms with van der Waals surface area (Å²) in [5.74, 6) is 0.572. The lowest BCUT2D eigenvalue weighted by Gasteiger charge is -2.15. The second-order valence-electron chi connectivity index (χ2n) is 4.51. The number of rotatable bonds is 2. The zero-order valence-corrected chi connectivity index (χ0v) is 10.6. The van der Waals surface area contributed by atoms with Gasteiger partial charge in [-0.05, 0) is 48.7 Å². The van der Waals surface area contributed by atoms with Gasteiger partial charge in [-0.25, -0.2) is 0 Å².